The van der Waals surface area contributed by atoms with Crippen LogP contribution in [0.25, 0.3) is 11.3 Å². The van der Waals surface area contributed by atoms with Gasteiger partial charge in [0, 0.05) is 37.8 Å². The molecule has 0 unspecified atom stereocenters. The van der Waals surface area contributed by atoms with Gasteiger partial charge >= 0.3 is 0 Å². The highest BCUT2D eigenvalue weighted by Gasteiger charge is 2.26. The first-order valence-corrected chi connectivity index (χ1v) is 10.5. The Bertz CT molecular complexity index is 1070. The number of H-pyrrole nitrogens is 1. The minimum absolute atomic E-state index is 0.0575. The molecule has 1 aromatic carbocycles. The van der Waals surface area contributed by atoms with Gasteiger partial charge in [0.15, 0.2) is 10.9 Å². The number of rotatable bonds is 5. The lowest BCUT2D eigenvalue weighted by molar-refractivity contribution is -0.129. The number of carbonyl (C=O) groups is 2. The number of furan rings is 1. The molecule has 2 amide bonds. The van der Waals surface area contributed by atoms with Gasteiger partial charge in [-0.1, -0.05) is 42.1 Å². The van der Waals surface area contributed by atoms with E-state index in [1.807, 2.05) is 30.3 Å². The van der Waals surface area contributed by atoms with Gasteiger partial charge in [0.05, 0.1) is 17.7 Å². The number of hydrogen-bond donors (Lipinski definition) is 1. The van der Waals surface area contributed by atoms with Crippen molar-refractivity contribution in [3.8, 4) is 11.3 Å². The van der Waals surface area contributed by atoms with E-state index in [4.69, 9.17) is 4.42 Å². The van der Waals surface area contributed by atoms with Crippen LogP contribution < -0.4 is 5.56 Å². The molecule has 4 rings (SSSR count). The Balaban J connectivity index is 1.33. The van der Waals surface area contributed by atoms with E-state index in [0.717, 1.165) is 5.56 Å². The fraction of sp³-hybridized carbons (Fsp3) is 0.238. The summed E-state index contributed by atoms with van der Waals surface area (Å²) < 4.78 is 5.15. The van der Waals surface area contributed by atoms with Crippen LogP contribution >= 0.6 is 11.8 Å². The topological polar surface area (TPSA) is 99.5 Å². The van der Waals surface area contributed by atoms with Crippen molar-refractivity contribution >= 4 is 23.6 Å². The molecular weight excluding hydrogens is 404 g/mol. The molecule has 1 fully saturated rings. The van der Waals surface area contributed by atoms with E-state index >= 15 is 0 Å². The Kier molecular flexibility index (Phi) is 5.99. The zero-order chi connectivity index (χ0) is 20.9. The van der Waals surface area contributed by atoms with E-state index in [1.54, 1.807) is 21.9 Å². The molecule has 0 spiro atoms. The lowest BCUT2D eigenvalue weighted by Crippen LogP contribution is -2.51. The highest BCUT2D eigenvalue weighted by atomic mass is 32.2. The van der Waals surface area contributed by atoms with Gasteiger partial charge in [0.2, 0.25) is 5.91 Å². The summed E-state index contributed by atoms with van der Waals surface area (Å²) in [6.45, 7) is 1.82. The number of benzene rings is 1. The monoisotopic (exact) mass is 424 g/mol. The highest BCUT2D eigenvalue weighted by Crippen LogP contribution is 2.19. The lowest BCUT2D eigenvalue weighted by atomic mass is 10.1. The molecule has 3 heterocycles. The molecule has 1 aliphatic rings. The maximum atomic E-state index is 12.6. The molecular formula is C21H20N4O4S. The molecule has 9 heteroatoms. The predicted octanol–water partition coefficient (Wildman–Crippen LogP) is 2.11. The molecule has 3 aromatic rings. The molecule has 154 valence electrons. The second-order valence-electron chi connectivity index (χ2n) is 6.74. The van der Waals surface area contributed by atoms with E-state index in [9.17, 15) is 14.4 Å². The van der Waals surface area contributed by atoms with Crippen LogP contribution in [0.4, 0.5) is 0 Å². The summed E-state index contributed by atoms with van der Waals surface area (Å²) in [5, 5.41) is 0.404. The summed E-state index contributed by atoms with van der Waals surface area (Å²) in [6.07, 6.45) is 1.47. The van der Waals surface area contributed by atoms with E-state index in [2.05, 4.69) is 9.97 Å². The number of carbonyl (C=O) groups excluding carboxylic acids is 2. The summed E-state index contributed by atoms with van der Waals surface area (Å²) in [5.74, 6) is 0.241. The highest BCUT2D eigenvalue weighted by molar-refractivity contribution is 7.99. The molecule has 0 aliphatic carbocycles. The van der Waals surface area contributed by atoms with Gasteiger partial charge in [-0.15, -0.1) is 0 Å². The minimum atomic E-state index is -0.260. The zero-order valence-electron chi connectivity index (χ0n) is 16.1. The number of thioether (sulfide) groups is 1. The van der Waals surface area contributed by atoms with Crippen LogP contribution in [0.2, 0.25) is 0 Å². The van der Waals surface area contributed by atoms with Crippen molar-refractivity contribution in [3.05, 3.63) is 70.9 Å². The Morgan fingerprint density at radius 3 is 2.47 bits per heavy atom. The third kappa shape index (κ3) is 4.62. The number of nitrogens with zero attached hydrogens (tertiary/aromatic N) is 3. The molecule has 0 bridgehead atoms. The van der Waals surface area contributed by atoms with Crippen molar-refractivity contribution in [3.63, 3.8) is 0 Å². The molecule has 1 saturated heterocycles. The van der Waals surface area contributed by atoms with Crippen LogP contribution in [0.3, 0.4) is 0 Å². The standard InChI is InChI=1S/C21H20N4O4S/c26-18-13-16(15-5-2-1-3-6-15)22-21(23-18)30-14-19(27)24-8-10-25(11-9-24)20(28)17-7-4-12-29-17/h1-7,12-13H,8-11,14H2,(H,22,23,26). The van der Waals surface area contributed by atoms with E-state index in [-0.39, 0.29) is 23.1 Å². The van der Waals surface area contributed by atoms with Crippen LogP contribution in [0, 0.1) is 0 Å². The van der Waals surface area contributed by atoms with E-state index < -0.39 is 0 Å². The predicted molar refractivity (Wildman–Crippen MR) is 112 cm³/mol. The quantitative estimate of drug-likeness (QED) is 0.497. The number of nitrogens with one attached hydrogen (secondary N) is 1. The number of aromatic nitrogens is 2. The second kappa shape index (κ2) is 9.00. The Labute approximate surface area is 176 Å². The maximum Gasteiger partial charge on any atom is 0.289 e. The second-order valence-corrected chi connectivity index (χ2v) is 7.70. The van der Waals surface area contributed by atoms with Crippen LogP contribution in [0.5, 0.6) is 0 Å². The normalized spacial score (nSPS) is 14.0. The van der Waals surface area contributed by atoms with Crippen LogP contribution in [0.1, 0.15) is 10.6 Å². The zero-order valence-corrected chi connectivity index (χ0v) is 16.9. The summed E-state index contributed by atoms with van der Waals surface area (Å²) in [4.78, 5) is 47.4. The third-order valence-electron chi connectivity index (χ3n) is 4.77. The fourth-order valence-electron chi connectivity index (χ4n) is 3.20. The number of piperazine rings is 1. The van der Waals surface area contributed by atoms with Crippen LogP contribution in [-0.4, -0.2) is 63.5 Å². The Hall–Kier alpha value is -3.33. The average Bonchev–Trinajstić information content (AvgIpc) is 3.32. The Morgan fingerprint density at radius 1 is 1.03 bits per heavy atom. The van der Waals surface area contributed by atoms with E-state index in [1.165, 1.54) is 24.1 Å². The van der Waals surface area contributed by atoms with Crippen molar-refractivity contribution < 1.29 is 14.0 Å². The smallest absolute Gasteiger partial charge is 0.289 e. The summed E-state index contributed by atoms with van der Waals surface area (Å²) in [6, 6.07) is 14.2. The number of amides is 2. The maximum absolute atomic E-state index is 12.6. The van der Waals surface area contributed by atoms with Gasteiger partial charge < -0.3 is 19.2 Å². The number of aromatic amines is 1. The molecule has 8 nitrogen and oxygen atoms in total. The van der Waals surface area contributed by atoms with Gasteiger partial charge in [-0.2, -0.15) is 0 Å². The van der Waals surface area contributed by atoms with Gasteiger partial charge in [-0.05, 0) is 12.1 Å². The Morgan fingerprint density at radius 2 is 1.77 bits per heavy atom. The summed E-state index contributed by atoms with van der Waals surface area (Å²) in [7, 11) is 0. The first-order chi connectivity index (χ1) is 14.6. The SMILES string of the molecule is O=C(CSc1nc(-c2ccccc2)cc(=O)[nH]1)N1CCN(C(=O)c2ccco2)CC1. The average molecular weight is 424 g/mol. The molecule has 0 atom stereocenters. The van der Waals surface area contributed by atoms with Gasteiger partial charge in [-0.3, -0.25) is 14.4 Å². The van der Waals surface area contributed by atoms with Gasteiger partial charge in [0.25, 0.3) is 11.5 Å². The van der Waals surface area contributed by atoms with E-state index in [0.29, 0.717) is 42.8 Å². The van der Waals surface area contributed by atoms with Crippen molar-refractivity contribution in [2.45, 2.75) is 5.16 Å². The first kappa shape index (κ1) is 20.0. The van der Waals surface area contributed by atoms with Crippen LogP contribution in [-0.2, 0) is 4.79 Å². The fourth-order valence-corrected chi connectivity index (χ4v) is 3.98. The van der Waals surface area contributed by atoms with Crippen molar-refractivity contribution in [2.75, 3.05) is 31.9 Å². The molecule has 30 heavy (non-hydrogen) atoms. The molecule has 0 radical (unpaired) electrons. The van der Waals surface area contributed by atoms with Crippen molar-refractivity contribution in [1.82, 2.24) is 19.8 Å². The van der Waals surface area contributed by atoms with Gasteiger partial charge in [0.1, 0.15) is 0 Å². The summed E-state index contributed by atoms with van der Waals surface area (Å²) in [5.41, 5.74) is 1.15. The molecule has 1 N–H and O–H groups in total. The molecule has 2 aromatic heterocycles. The number of hydrogen-bond acceptors (Lipinski definition) is 6. The van der Waals surface area contributed by atoms with Crippen molar-refractivity contribution in [1.29, 1.82) is 0 Å². The molecule has 0 saturated carbocycles. The van der Waals surface area contributed by atoms with Gasteiger partial charge in [-0.25, -0.2) is 4.98 Å². The largest absolute Gasteiger partial charge is 0.459 e. The summed E-state index contributed by atoms with van der Waals surface area (Å²) >= 11 is 1.20. The minimum Gasteiger partial charge on any atom is -0.459 e. The third-order valence-corrected chi connectivity index (χ3v) is 5.63. The molecule has 1 aliphatic heterocycles. The first-order valence-electron chi connectivity index (χ1n) is 9.50. The van der Waals surface area contributed by atoms with Crippen molar-refractivity contribution in [2.24, 2.45) is 0 Å². The lowest BCUT2D eigenvalue weighted by Gasteiger charge is -2.34. The van der Waals surface area contributed by atoms with Crippen LogP contribution in [0.15, 0.2) is 69.2 Å².